The molecule has 2 aliphatic heterocycles. The molecule has 146 valence electrons. The predicted octanol–water partition coefficient (Wildman–Crippen LogP) is 2.19. The maximum atomic E-state index is 12.4. The summed E-state index contributed by atoms with van der Waals surface area (Å²) in [5.74, 6) is -0.491. The monoisotopic (exact) mass is 400 g/mol. The van der Waals surface area contributed by atoms with Gasteiger partial charge in [0.2, 0.25) is 5.91 Å². The molecule has 2 aliphatic rings. The number of hydrogen-bond donors (Lipinski definition) is 1. The molecule has 7 nitrogen and oxygen atoms in total. The summed E-state index contributed by atoms with van der Waals surface area (Å²) in [7, 11) is 0. The predicted molar refractivity (Wildman–Crippen MR) is 103 cm³/mol. The van der Waals surface area contributed by atoms with Gasteiger partial charge in [0.15, 0.2) is 6.61 Å². The van der Waals surface area contributed by atoms with Crippen LogP contribution in [0.25, 0.3) is 10.4 Å². The van der Waals surface area contributed by atoms with Gasteiger partial charge in [-0.25, -0.2) is 4.79 Å². The Hall–Kier alpha value is -2.87. The molecule has 1 saturated heterocycles. The second-order valence-electron chi connectivity index (χ2n) is 6.88. The van der Waals surface area contributed by atoms with E-state index < -0.39 is 5.97 Å². The maximum Gasteiger partial charge on any atom is 0.348 e. The molecule has 1 aromatic carbocycles. The normalized spacial score (nSPS) is 15.9. The summed E-state index contributed by atoms with van der Waals surface area (Å²) < 4.78 is 10.9. The van der Waals surface area contributed by atoms with Crippen LogP contribution in [0.1, 0.15) is 28.1 Å². The van der Waals surface area contributed by atoms with E-state index >= 15 is 0 Å². The van der Waals surface area contributed by atoms with Crippen LogP contribution in [-0.2, 0) is 20.9 Å². The molecule has 28 heavy (non-hydrogen) atoms. The SMILES string of the molecule is NC(=O)C1CCN(C(=O)COC(=O)c2cc3c(s2)-c2ccccc2OC3)CC1. The Bertz CT molecular complexity index is 930. The van der Waals surface area contributed by atoms with Gasteiger partial charge in [-0.05, 0) is 31.0 Å². The fourth-order valence-corrected chi connectivity index (χ4v) is 4.59. The van der Waals surface area contributed by atoms with Crippen LogP contribution in [0, 0.1) is 5.92 Å². The van der Waals surface area contributed by atoms with Crippen molar-refractivity contribution >= 4 is 29.1 Å². The fourth-order valence-electron chi connectivity index (χ4n) is 3.50. The first-order chi connectivity index (χ1) is 13.5. The van der Waals surface area contributed by atoms with Crippen LogP contribution in [-0.4, -0.2) is 42.4 Å². The van der Waals surface area contributed by atoms with Gasteiger partial charge in [0.25, 0.3) is 5.91 Å². The molecule has 2 N–H and O–H groups in total. The number of carbonyl (C=O) groups is 3. The number of piperidine rings is 1. The number of likely N-dealkylation sites (tertiary alicyclic amines) is 1. The van der Waals surface area contributed by atoms with Crippen molar-refractivity contribution in [2.75, 3.05) is 19.7 Å². The van der Waals surface area contributed by atoms with Crippen LogP contribution in [0.4, 0.5) is 0 Å². The molecule has 4 rings (SSSR count). The van der Waals surface area contributed by atoms with E-state index in [1.807, 2.05) is 24.3 Å². The summed E-state index contributed by atoms with van der Waals surface area (Å²) in [6.45, 7) is 0.996. The van der Waals surface area contributed by atoms with Crippen molar-refractivity contribution < 1.29 is 23.9 Å². The highest BCUT2D eigenvalue weighted by molar-refractivity contribution is 7.17. The summed E-state index contributed by atoms with van der Waals surface area (Å²) in [5.41, 5.74) is 7.20. The Balaban J connectivity index is 1.36. The van der Waals surface area contributed by atoms with E-state index in [0.717, 1.165) is 21.8 Å². The van der Waals surface area contributed by atoms with Crippen molar-refractivity contribution in [1.29, 1.82) is 0 Å². The number of primary amides is 1. The molecule has 0 spiro atoms. The van der Waals surface area contributed by atoms with Crippen molar-refractivity contribution in [3.63, 3.8) is 0 Å². The Kier molecular flexibility index (Phi) is 5.04. The molecule has 2 amide bonds. The number of hydrogen-bond acceptors (Lipinski definition) is 6. The van der Waals surface area contributed by atoms with Crippen LogP contribution in [0.15, 0.2) is 30.3 Å². The molecule has 1 fully saturated rings. The lowest BCUT2D eigenvalue weighted by atomic mass is 9.96. The molecular formula is C20H20N2O5S. The second kappa shape index (κ2) is 7.63. The zero-order valence-electron chi connectivity index (χ0n) is 15.2. The standard InChI is InChI=1S/C20H20N2O5S/c21-19(24)12-5-7-22(8-6-12)17(23)11-27-20(25)16-9-13-10-26-15-4-2-1-3-14(15)18(13)28-16/h1-4,9,12H,5-8,10-11H2,(H2,21,24). The number of ether oxygens (including phenoxy) is 2. The number of nitrogens with zero attached hydrogens (tertiary/aromatic N) is 1. The van der Waals surface area contributed by atoms with E-state index in [-0.39, 0.29) is 24.3 Å². The summed E-state index contributed by atoms with van der Waals surface area (Å²) in [6.07, 6.45) is 1.10. The van der Waals surface area contributed by atoms with Crippen LogP contribution >= 0.6 is 11.3 Å². The molecular weight excluding hydrogens is 380 g/mol. The number of amides is 2. The Morgan fingerprint density at radius 2 is 1.96 bits per heavy atom. The number of esters is 1. The quantitative estimate of drug-likeness (QED) is 0.793. The van der Waals surface area contributed by atoms with E-state index in [1.165, 1.54) is 11.3 Å². The minimum absolute atomic E-state index is 0.186. The third-order valence-electron chi connectivity index (χ3n) is 5.10. The van der Waals surface area contributed by atoms with Gasteiger partial charge < -0.3 is 20.1 Å². The number of rotatable bonds is 4. The highest BCUT2D eigenvalue weighted by atomic mass is 32.1. The van der Waals surface area contributed by atoms with E-state index in [1.54, 1.807) is 11.0 Å². The first-order valence-electron chi connectivity index (χ1n) is 9.12. The van der Waals surface area contributed by atoms with Crippen LogP contribution < -0.4 is 10.5 Å². The molecule has 8 heteroatoms. The molecule has 2 aromatic rings. The smallest absolute Gasteiger partial charge is 0.348 e. The molecule has 0 aliphatic carbocycles. The summed E-state index contributed by atoms with van der Waals surface area (Å²) in [4.78, 5) is 39.0. The number of benzene rings is 1. The number of thiophene rings is 1. The van der Waals surface area contributed by atoms with Gasteiger partial charge in [-0.1, -0.05) is 12.1 Å². The highest BCUT2D eigenvalue weighted by Gasteiger charge is 2.27. The zero-order chi connectivity index (χ0) is 19.7. The third kappa shape index (κ3) is 3.60. The Morgan fingerprint density at radius 3 is 2.71 bits per heavy atom. The zero-order valence-corrected chi connectivity index (χ0v) is 16.0. The van der Waals surface area contributed by atoms with Crippen molar-refractivity contribution in [2.45, 2.75) is 19.4 Å². The van der Waals surface area contributed by atoms with Gasteiger partial charge in [-0.3, -0.25) is 9.59 Å². The lowest BCUT2D eigenvalue weighted by Gasteiger charge is -2.30. The van der Waals surface area contributed by atoms with Crippen molar-refractivity contribution in [3.05, 3.63) is 40.8 Å². The topological polar surface area (TPSA) is 98.9 Å². The van der Waals surface area contributed by atoms with Gasteiger partial charge in [-0.2, -0.15) is 0 Å². The van der Waals surface area contributed by atoms with Crippen molar-refractivity contribution in [2.24, 2.45) is 11.7 Å². The van der Waals surface area contributed by atoms with Crippen LogP contribution in [0.5, 0.6) is 5.75 Å². The average molecular weight is 400 g/mol. The molecule has 0 saturated carbocycles. The Labute approximate surface area is 166 Å². The van der Waals surface area contributed by atoms with Gasteiger partial charge in [-0.15, -0.1) is 11.3 Å². The molecule has 1 aromatic heterocycles. The van der Waals surface area contributed by atoms with Crippen LogP contribution in [0.2, 0.25) is 0 Å². The lowest BCUT2D eigenvalue weighted by Crippen LogP contribution is -2.43. The minimum Gasteiger partial charge on any atom is -0.488 e. The second-order valence-corrected chi connectivity index (χ2v) is 7.94. The first kappa shape index (κ1) is 18.5. The first-order valence-corrected chi connectivity index (χ1v) is 9.93. The molecule has 0 unspecified atom stereocenters. The fraction of sp³-hybridized carbons (Fsp3) is 0.350. The van der Waals surface area contributed by atoms with Gasteiger partial charge >= 0.3 is 5.97 Å². The number of fused-ring (bicyclic) bond motifs is 3. The van der Waals surface area contributed by atoms with Gasteiger partial charge in [0, 0.05) is 35.0 Å². The van der Waals surface area contributed by atoms with Crippen molar-refractivity contribution in [1.82, 2.24) is 4.90 Å². The summed E-state index contributed by atoms with van der Waals surface area (Å²) in [5, 5.41) is 0. The average Bonchev–Trinajstić information content (AvgIpc) is 3.17. The third-order valence-corrected chi connectivity index (χ3v) is 6.29. The Morgan fingerprint density at radius 1 is 1.21 bits per heavy atom. The summed E-state index contributed by atoms with van der Waals surface area (Å²) in [6, 6.07) is 9.45. The number of nitrogens with two attached hydrogens (primary N) is 1. The maximum absolute atomic E-state index is 12.4. The number of carbonyl (C=O) groups excluding carboxylic acids is 3. The molecule has 3 heterocycles. The highest BCUT2D eigenvalue weighted by Crippen LogP contribution is 2.42. The van der Waals surface area contributed by atoms with Gasteiger partial charge in [0.1, 0.15) is 17.2 Å². The van der Waals surface area contributed by atoms with E-state index in [2.05, 4.69) is 0 Å². The number of para-hydroxylation sites is 1. The largest absolute Gasteiger partial charge is 0.488 e. The van der Waals surface area contributed by atoms with E-state index in [0.29, 0.717) is 37.4 Å². The van der Waals surface area contributed by atoms with Crippen molar-refractivity contribution in [3.8, 4) is 16.2 Å². The molecule has 0 bridgehead atoms. The molecule has 0 atom stereocenters. The summed E-state index contributed by atoms with van der Waals surface area (Å²) >= 11 is 1.35. The molecule has 0 radical (unpaired) electrons. The van der Waals surface area contributed by atoms with Gasteiger partial charge in [0.05, 0.1) is 0 Å². The van der Waals surface area contributed by atoms with E-state index in [4.69, 9.17) is 15.2 Å². The van der Waals surface area contributed by atoms with E-state index in [9.17, 15) is 14.4 Å². The lowest BCUT2D eigenvalue weighted by molar-refractivity contribution is -0.137. The minimum atomic E-state index is -0.516. The van der Waals surface area contributed by atoms with Crippen LogP contribution in [0.3, 0.4) is 0 Å².